The van der Waals surface area contributed by atoms with Crippen LogP contribution in [0.15, 0.2) is 23.6 Å². The van der Waals surface area contributed by atoms with Gasteiger partial charge in [0.15, 0.2) is 5.69 Å². The molecular weight excluding hydrogens is 312 g/mol. The van der Waals surface area contributed by atoms with Gasteiger partial charge in [-0.15, -0.1) is 11.3 Å². The Morgan fingerprint density at radius 3 is 2.35 bits per heavy atom. The Kier molecular flexibility index (Phi) is 5.50. The molecule has 0 bridgehead atoms. The molecule has 2 aromatic rings. The number of para-hydroxylation sites is 1. The van der Waals surface area contributed by atoms with Crippen molar-refractivity contribution in [2.24, 2.45) is 0 Å². The number of carboxylic acid groups (broad SMARTS) is 1. The van der Waals surface area contributed by atoms with Crippen LogP contribution in [-0.4, -0.2) is 22.0 Å². The molecule has 0 spiro atoms. The van der Waals surface area contributed by atoms with E-state index in [-0.39, 0.29) is 11.6 Å². The summed E-state index contributed by atoms with van der Waals surface area (Å²) in [6.07, 6.45) is 1.66. The number of thiazole rings is 1. The van der Waals surface area contributed by atoms with E-state index in [4.69, 9.17) is 5.11 Å². The summed E-state index contributed by atoms with van der Waals surface area (Å²) >= 11 is 1.19. The zero-order valence-electron chi connectivity index (χ0n) is 13.4. The Morgan fingerprint density at radius 1 is 1.26 bits per heavy atom. The highest BCUT2D eigenvalue weighted by molar-refractivity contribution is 7.10. The van der Waals surface area contributed by atoms with Crippen LogP contribution in [0.4, 0.5) is 5.69 Å². The van der Waals surface area contributed by atoms with Gasteiger partial charge in [-0.25, -0.2) is 9.78 Å². The Bertz CT molecular complexity index is 702. The van der Waals surface area contributed by atoms with Crippen molar-refractivity contribution in [1.29, 1.82) is 0 Å². The molecule has 0 aliphatic heterocycles. The van der Waals surface area contributed by atoms with Crippen molar-refractivity contribution < 1.29 is 14.7 Å². The maximum Gasteiger partial charge on any atom is 0.355 e. The van der Waals surface area contributed by atoms with Gasteiger partial charge in [-0.3, -0.25) is 4.79 Å². The average Bonchev–Trinajstić information content (AvgIpc) is 3.04. The fourth-order valence-corrected chi connectivity index (χ4v) is 3.18. The molecule has 1 heterocycles. The summed E-state index contributed by atoms with van der Waals surface area (Å²) in [4.78, 5) is 27.5. The van der Waals surface area contributed by atoms with Gasteiger partial charge in [0.05, 0.1) is 5.92 Å². The molecule has 0 aliphatic carbocycles. The lowest BCUT2D eigenvalue weighted by atomic mass is 10.0. The second-order valence-corrected chi connectivity index (χ2v) is 6.14. The number of carbonyl (C=O) groups excluding carboxylic acids is 1. The number of rotatable bonds is 6. The Hall–Kier alpha value is -2.21. The lowest BCUT2D eigenvalue weighted by Crippen LogP contribution is -2.20. The van der Waals surface area contributed by atoms with E-state index in [2.05, 4.69) is 10.3 Å². The van der Waals surface area contributed by atoms with Crippen molar-refractivity contribution in [2.45, 2.75) is 39.5 Å². The number of aromatic nitrogens is 1. The number of nitrogens with zero attached hydrogens (tertiary/aromatic N) is 1. The third kappa shape index (κ3) is 3.76. The maximum atomic E-state index is 12.5. The minimum atomic E-state index is -1.08. The number of aromatic carboxylic acids is 1. The molecule has 2 rings (SSSR count). The predicted octanol–water partition coefficient (Wildman–Crippen LogP) is 3.71. The minimum absolute atomic E-state index is 0.0205. The summed E-state index contributed by atoms with van der Waals surface area (Å²) in [5.41, 5.74) is 3.03. The Labute approximate surface area is 139 Å². The molecule has 2 N–H and O–H groups in total. The molecule has 1 aromatic carbocycles. The zero-order chi connectivity index (χ0) is 17.0. The van der Waals surface area contributed by atoms with E-state index in [1.54, 1.807) is 6.92 Å². The van der Waals surface area contributed by atoms with E-state index in [1.807, 2.05) is 32.0 Å². The molecule has 0 saturated heterocycles. The molecule has 6 heteroatoms. The van der Waals surface area contributed by atoms with Crippen LogP contribution < -0.4 is 5.32 Å². The number of nitrogens with one attached hydrogen (secondary N) is 1. The average molecular weight is 332 g/mol. The second-order valence-electron chi connectivity index (χ2n) is 5.25. The lowest BCUT2D eigenvalue weighted by molar-refractivity contribution is -0.117. The van der Waals surface area contributed by atoms with Gasteiger partial charge in [0.25, 0.3) is 0 Å². The summed E-state index contributed by atoms with van der Waals surface area (Å²) in [6.45, 7) is 5.83. The molecule has 0 fully saturated rings. The molecule has 0 unspecified atom stereocenters. The molecule has 0 saturated carbocycles. The van der Waals surface area contributed by atoms with Crippen LogP contribution in [0.1, 0.15) is 53.3 Å². The predicted molar refractivity (Wildman–Crippen MR) is 91.3 cm³/mol. The van der Waals surface area contributed by atoms with Crippen molar-refractivity contribution >= 4 is 28.9 Å². The molecule has 1 aromatic heterocycles. The van der Waals surface area contributed by atoms with Crippen molar-refractivity contribution in [3.8, 4) is 0 Å². The van der Waals surface area contributed by atoms with Crippen LogP contribution in [0.25, 0.3) is 0 Å². The SMILES string of the molecule is CCc1cccc(CC)c1NC(=O)[C@H](C)c1nc(C(=O)O)cs1. The van der Waals surface area contributed by atoms with Crippen LogP contribution in [0.5, 0.6) is 0 Å². The summed E-state index contributed by atoms with van der Waals surface area (Å²) in [6, 6.07) is 6.01. The van der Waals surface area contributed by atoms with Crippen LogP contribution >= 0.6 is 11.3 Å². The first-order chi connectivity index (χ1) is 11.0. The van der Waals surface area contributed by atoms with E-state index in [0.717, 1.165) is 29.7 Å². The topological polar surface area (TPSA) is 79.3 Å². The van der Waals surface area contributed by atoms with Gasteiger partial charge in [0.1, 0.15) is 5.01 Å². The van der Waals surface area contributed by atoms with Crippen molar-refractivity contribution in [3.63, 3.8) is 0 Å². The van der Waals surface area contributed by atoms with Gasteiger partial charge < -0.3 is 10.4 Å². The number of benzene rings is 1. The summed E-state index contributed by atoms with van der Waals surface area (Å²) in [5, 5.41) is 13.9. The van der Waals surface area contributed by atoms with Gasteiger partial charge in [0, 0.05) is 11.1 Å². The number of hydrogen-bond acceptors (Lipinski definition) is 4. The molecule has 0 aliphatic rings. The van der Waals surface area contributed by atoms with E-state index in [0.29, 0.717) is 5.01 Å². The highest BCUT2D eigenvalue weighted by Gasteiger charge is 2.22. The maximum absolute atomic E-state index is 12.5. The summed E-state index contributed by atoms with van der Waals surface area (Å²) in [7, 11) is 0. The Balaban J connectivity index is 2.22. The van der Waals surface area contributed by atoms with Gasteiger partial charge >= 0.3 is 5.97 Å². The molecule has 1 amide bonds. The number of amides is 1. The first-order valence-corrected chi connectivity index (χ1v) is 8.46. The van der Waals surface area contributed by atoms with E-state index in [9.17, 15) is 9.59 Å². The van der Waals surface area contributed by atoms with E-state index >= 15 is 0 Å². The first kappa shape index (κ1) is 17.1. The second kappa shape index (κ2) is 7.37. The largest absolute Gasteiger partial charge is 0.476 e. The van der Waals surface area contributed by atoms with Crippen LogP contribution in [-0.2, 0) is 17.6 Å². The number of anilines is 1. The number of aryl methyl sites for hydroxylation is 2. The van der Waals surface area contributed by atoms with Gasteiger partial charge in [0.2, 0.25) is 5.91 Å². The summed E-state index contributed by atoms with van der Waals surface area (Å²) in [5.74, 6) is -1.75. The molecule has 1 atom stereocenters. The number of carboxylic acids is 1. The van der Waals surface area contributed by atoms with Gasteiger partial charge in [-0.1, -0.05) is 32.0 Å². The molecule has 23 heavy (non-hydrogen) atoms. The van der Waals surface area contributed by atoms with Crippen molar-refractivity contribution in [1.82, 2.24) is 4.98 Å². The zero-order valence-corrected chi connectivity index (χ0v) is 14.2. The monoisotopic (exact) mass is 332 g/mol. The van der Waals surface area contributed by atoms with Gasteiger partial charge in [-0.05, 0) is 30.9 Å². The molecule has 0 radical (unpaired) electrons. The highest BCUT2D eigenvalue weighted by Crippen LogP contribution is 2.26. The van der Waals surface area contributed by atoms with E-state index < -0.39 is 11.9 Å². The van der Waals surface area contributed by atoms with Crippen molar-refractivity contribution in [3.05, 3.63) is 45.4 Å². The lowest BCUT2D eigenvalue weighted by Gasteiger charge is -2.16. The smallest absolute Gasteiger partial charge is 0.355 e. The first-order valence-electron chi connectivity index (χ1n) is 7.58. The molecular formula is C17H20N2O3S. The molecule has 5 nitrogen and oxygen atoms in total. The fraction of sp³-hybridized carbons (Fsp3) is 0.353. The normalized spacial score (nSPS) is 12.0. The van der Waals surface area contributed by atoms with E-state index in [1.165, 1.54) is 16.7 Å². The number of carbonyl (C=O) groups is 2. The fourth-order valence-electron chi connectivity index (χ4n) is 2.33. The van der Waals surface area contributed by atoms with Crippen molar-refractivity contribution in [2.75, 3.05) is 5.32 Å². The molecule has 122 valence electrons. The van der Waals surface area contributed by atoms with Crippen LogP contribution in [0.2, 0.25) is 0 Å². The minimum Gasteiger partial charge on any atom is -0.476 e. The van der Waals surface area contributed by atoms with Crippen LogP contribution in [0, 0.1) is 0 Å². The van der Waals surface area contributed by atoms with Crippen LogP contribution in [0.3, 0.4) is 0 Å². The highest BCUT2D eigenvalue weighted by atomic mass is 32.1. The quantitative estimate of drug-likeness (QED) is 0.845. The Morgan fingerprint density at radius 2 is 1.87 bits per heavy atom. The summed E-state index contributed by atoms with van der Waals surface area (Å²) < 4.78 is 0. The third-order valence-corrected chi connectivity index (χ3v) is 4.78. The number of hydrogen-bond donors (Lipinski definition) is 2. The third-order valence-electron chi connectivity index (χ3n) is 3.75. The standard InChI is InChI=1S/C17H20N2O3S/c1-4-11-7-6-8-12(5-2)14(11)19-15(20)10(3)16-18-13(9-23-16)17(21)22/h6-10H,4-5H2,1-3H3,(H,19,20)(H,21,22)/t10-/m0/s1. The van der Waals surface area contributed by atoms with Gasteiger partial charge in [-0.2, -0.15) is 0 Å².